The van der Waals surface area contributed by atoms with Gasteiger partial charge in [0.05, 0.1) is 36.1 Å². The Balaban J connectivity index is 4.34. The van der Waals surface area contributed by atoms with Gasteiger partial charge in [-0.15, -0.1) is 34.8 Å². The van der Waals surface area contributed by atoms with Crippen LogP contribution in [0.15, 0.2) is 0 Å². The molecule has 0 aromatic rings. The molecule has 0 heterocycles. The van der Waals surface area contributed by atoms with E-state index in [0.29, 0.717) is 0 Å². The Morgan fingerprint density at radius 3 is 1.15 bits per heavy atom. The number of hydrogen-bond acceptors (Lipinski definition) is 4. The van der Waals surface area contributed by atoms with Crippen LogP contribution in [0.25, 0.3) is 0 Å². The van der Waals surface area contributed by atoms with E-state index in [2.05, 4.69) is 0 Å². The van der Waals surface area contributed by atoms with Gasteiger partial charge in [0.15, 0.2) is 0 Å². The predicted octanol–water partition coefficient (Wildman–Crippen LogP) is -0.141. The van der Waals surface area contributed by atoms with E-state index < -0.39 is 18.5 Å². The van der Waals surface area contributed by atoms with Crippen LogP contribution in [0.2, 0.25) is 0 Å². The molecule has 0 saturated carbocycles. The van der Waals surface area contributed by atoms with Gasteiger partial charge >= 0.3 is 0 Å². The molecule has 0 aliphatic heterocycles. The van der Waals surface area contributed by atoms with E-state index in [0.717, 1.165) is 0 Å². The molecule has 0 aliphatic carbocycles. The van der Waals surface area contributed by atoms with Gasteiger partial charge in [0.25, 0.3) is 0 Å². The number of hydrogen-bond donors (Lipinski definition) is 3. The lowest BCUT2D eigenvalue weighted by Crippen LogP contribution is -2.61. The minimum Gasteiger partial charge on any atom is -0.315 e. The number of nitrogens with zero attached hydrogens (tertiary/aromatic N) is 1. The minimum atomic E-state index is -0.427. The van der Waals surface area contributed by atoms with Crippen LogP contribution in [-0.4, -0.2) is 41.0 Å². The van der Waals surface area contributed by atoms with E-state index in [9.17, 15) is 0 Å². The summed E-state index contributed by atoms with van der Waals surface area (Å²) in [5, 5.41) is 0. The van der Waals surface area contributed by atoms with Crippen LogP contribution < -0.4 is 17.2 Å². The summed E-state index contributed by atoms with van der Waals surface area (Å²) in [5.74, 6) is 0.694. The average Bonchev–Trinajstić information content (AvgIpc) is 2.16. The van der Waals surface area contributed by atoms with Crippen LogP contribution in [0, 0.1) is 0 Å². The predicted molar refractivity (Wildman–Crippen MR) is 57.9 cm³/mol. The summed E-state index contributed by atoms with van der Waals surface area (Å²) < 4.78 is 0. The lowest BCUT2D eigenvalue weighted by Gasteiger charge is -2.35. The third kappa shape index (κ3) is 4.16. The maximum absolute atomic E-state index is 5.69. The Labute approximate surface area is 93.3 Å². The molecule has 80 valence electrons. The van der Waals surface area contributed by atoms with Crippen molar-refractivity contribution in [1.29, 1.82) is 0 Å². The van der Waals surface area contributed by atoms with Gasteiger partial charge in [0.1, 0.15) is 0 Å². The lowest BCUT2D eigenvalue weighted by molar-refractivity contribution is 0.118. The van der Waals surface area contributed by atoms with Crippen molar-refractivity contribution in [2.24, 2.45) is 17.2 Å². The fourth-order valence-corrected chi connectivity index (χ4v) is 1.45. The van der Waals surface area contributed by atoms with Crippen LogP contribution in [0.5, 0.6) is 0 Å². The molecule has 4 nitrogen and oxygen atoms in total. The van der Waals surface area contributed by atoms with Crippen molar-refractivity contribution in [2.75, 3.05) is 17.6 Å². The zero-order valence-corrected chi connectivity index (χ0v) is 9.43. The van der Waals surface area contributed by atoms with Crippen molar-refractivity contribution >= 4 is 34.8 Å². The molecule has 7 heteroatoms. The normalized spacial score (nSPS) is 18.7. The summed E-state index contributed by atoms with van der Waals surface area (Å²) in [7, 11) is 0. The lowest BCUT2D eigenvalue weighted by atomic mass is 10.3. The highest BCUT2D eigenvalue weighted by Gasteiger charge is 2.24. The van der Waals surface area contributed by atoms with Gasteiger partial charge in [-0.05, 0) is 0 Å². The molecule has 0 saturated heterocycles. The third-order valence-electron chi connectivity index (χ3n) is 1.62. The molecule has 3 unspecified atom stereocenters. The van der Waals surface area contributed by atoms with Gasteiger partial charge < -0.3 is 17.2 Å². The first kappa shape index (κ1) is 13.7. The Morgan fingerprint density at radius 2 is 1.00 bits per heavy atom. The molecule has 0 spiro atoms. The SMILES string of the molecule is NC(CCl)N(C(N)CCl)C(N)CCl. The molecule has 0 aromatic carbocycles. The fourth-order valence-electron chi connectivity index (χ4n) is 0.977. The molecule has 0 fully saturated rings. The maximum Gasteiger partial charge on any atom is 0.0738 e. The van der Waals surface area contributed by atoms with Gasteiger partial charge in [0.2, 0.25) is 0 Å². The van der Waals surface area contributed by atoms with Crippen LogP contribution in [0.3, 0.4) is 0 Å². The van der Waals surface area contributed by atoms with Crippen LogP contribution in [-0.2, 0) is 0 Å². The number of halogens is 3. The molecular weight excluding hydrogens is 234 g/mol. The van der Waals surface area contributed by atoms with E-state index in [-0.39, 0.29) is 17.6 Å². The Hall–Kier alpha value is 0.710. The zero-order chi connectivity index (χ0) is 10.4. The molecule has 0 radical (unpaired) electrons. The standard InChI is InChI=1S/C6H15Cl3N4/c7-1-4(10)13(5(11)2-8)6(12)3-9/h4-6H,1-3,10-12H2. The highest BCUT2D eigenvalue weighted by molar-refractivity contribution is 6.19. The smallest absolute Gasteiger partial charge is 0.0738 e. The quantitative estimate of drug-likeness (QED) is 0.452. The van der Waals surface area contributed by atoms with Crippen molar-refractivity contribution in [2.45, 2.75) is 18.5 Å². The molecule has 13 heavy (non-hydrogen) atoms. The van der Waals surface area contributed by atoms with Crippen LogP contribution in [0.1, 0.15) is 0 Å². The number of rotatable bonds is 6. The number of nitrogens with two attached hydrogens (primary N) is 3. The second-order valence-corrected chi connectivity index (χ2v) is 3.54. The van der Waals surface area contributed by atoms with Crippen molar-refractivity contribution in [1.82, 2.24) is 4.90 Å². The Morgan fingerprint density at radius 1 is 0.769 bits per heavy atom. The zero-order valence-electron chi connectivity index (χ0n) is 7.17. The second kappa shape index (κ2) is 7.06. The summed E-state index contributed by atoms with van der Waals surface area (Å²) >= 11 is 16.8. The summed E-state index contributed by atoms with van der Waals surface area (Å²) in [4.78, 5) is 1.60. The number of alkyl halides is 3. The molecule has 3 atom stereocenters. The highest BCUT2D eigenvalue weighted by Crippen LogP contribution is 2.06. The van der Waals surface area contributed by atoms with E-state index in [1.807, 2.05) is 0 Å². The largest absolute Gasteiger partial charge is 0.315 e. The third-order valence-corrected chi connectivity index (χ3v) is 2.57. The van der Waals surface area contributed by atoms with E-state index in [1.54, 1.807) is 4.90 Å². The average molecular weight is 250 g/mol. The summed E-state index contributed by atoms with van der Waals surface area (Å²) in [6.45, 7) is 0. The van der Waals surface area contributed by atoms with Crippen molar-refractivity contribution < 1.29 is 0 Å². The first-order valence-corrected chi connectivity index (χ1v) is 5.40. The molecule has 0 bridgehead atoms. The molecular formula is C6H15Cl3N4. The fraction of sp³-hybridized carbons (Fsp3) is 1.00. The summed E-state index contributed by atoms with van der Waals surface area (Å²) in [6, 6.07) is 0. The summed E-state index contributed by atoms with van der Waals surface area (Å²) in [5.41, 5.74) is 17.1. The first-order chi connectivity index (χ1) is 6.08. The van der Waals surface area contributed by atoms with Crippen LogP contribution >= 0.6 is 34.8 Å². The van der Waals surface area contributed by atoms with Crippen molar-refractivity contribution in [3.63, 3.8) is 0 Å². The van der Waals surface area contributed by atoms with Gasteiger partial charge in [0, 0.05) is 0 Å². The van der Waals surface area contributed by atoms with Crippen LogP contribution in [0.4, 0.5) is 0 Å². The van der Waals surface area contributed by atoms with Gasteiger partial charge in [-0.3, -0.25) is 4.90 Å². The molecule has 6 N–H and O–H groups in total. The van der Waals surface area contributed by atoms with E-state index in [4.69, 9.17) is 52.0 Å². The Kier molecular flexibility index (Phi) is 7.45. The molecule has 0 aromatic heterocycles. The van der Waals surface area contributed by atoms with E-state index in [1.165, 1.54) is 0 Å². The monoisotopic (exact) mass is 248 g/mol. The van der Waals surface area contributed by atoms with Crippen molar-refractivity contribution in [3.05, 3.63) is 0 Å². The first-order valence-electron chi connectivity index (χ1n) is 3.80. The van der Waals surface area contributed by atoms with Gasteiger partial charge in [-0.1, -0.05) is 0 Å². The van der Waals surface area contributed by atoms with Gasteiger partial charge in [-0.2, -0.15) is 0 Å². The molecule has 0 rings (SSSR count). The maximum atomic E-state index is 5.69. The topological polar surface area (TPSA) is 81.3 Å². The Bertz CT molecular complexity index is 113. The highest BCUT2D eigenvalue weighted by atomic mass is 35.5. The van der Waals surface area contributed by atoms with Crippen molar-refractivity contribution in [3.8, 4) is 0 Å². The van der Waals surface area contributed by atoms with E-state index >= 15 is 0 Å². The minimum absolute atomic E-state index is 0.231. The molecule has 0 aliphatic rings. The summed E-state index contributed by atoms with van der Waals surface area (Å²) in [6.07, 6.45) is -1.28. The van der Waals surface area contributed by atoms with Gasteiger partial charge in [-0.25, -0.2) is 0 Å². The second-order valence-electron chi connectivity index (χ2n) is 2.61. The molecule has 0 amide bonds.